The van der Waals surface area contributed by atoms with Crippen LogP contribution in [0.15, 0.2) is 24.3 Å². The molecule has 1 N–H and O–H groups in total. The van der Waals surface area contributed by atoms with Gasteiger partial charge in [-0.3, -0.25) is 4.79 Å². The quantitative estimate of drug-likeness (QED) is 0.665. The highest BCUT2D eigenvalue weighted by Gasteiger charge is 2.29. The molecule has 0 aromatic heterocycles. The number of carboxylic acid groups (broad SMARTS) is 1. The maximum atomic E-state index is 12.3. The lowest BCUT2D eigenvalue weighted by molar-refractivity contribution is -0.138. The van der Waals surface area contributed by atoms with E-state index in [9.17, 15) is 18.0 Å². The molecule has 0 unspecified atom stereocenters. The Balaban J connectivity index is 2.54. The van der Waals surface area contributed by atoms with Crippen LogP contribution in [0, 0.1) is 11.8 Å². The number of alkyl halides is 3. The zero-order chi connectivity index (χ0) is 13.6. The minimum absolute atomic E-state index is 0.0433. The highest BCUT2D eigenvalue weighted by atomic mass is 19.4. The van der Waals surface area contributed by atoms with Crippen LogP contribution in [-0.2, 0) is 11.0 Å². The summed E-state index contributed by atoms with van der Waals surface area (Å²) in [7, 11) is 0. The van der Waals surface area contributed by atoms with Gasteiger partial charge in [0.15, 0.2) is 0 Å². The average Bonchev–Trinajstić information content (AvgIpc) is 2.27. The van der Waals surface area contributed by atoms with Crippen LogP contribution in [0.3, 0.4) is 0 Å². The van der Waals surface area contributed by atoms with Crippen molar-refractivity contribution in [2.75, 3.05) is 0 Å². The number of benzene rings is 1. The second kappa shape index (κ2) is 6.10. The van der Waals surface area contributed by atoms with E-state index < -0.39 is 17.7 Å². The summed E-state index contributed by atoms with van der Waals surface area (Å²) >= 11 is 0. The Labute approximate surface area is 102 Å². The SMILES string of the molecule is O=C(O)CCCC#Cc1ccc(C(F)(F)F)cc1. The van der Waals surface area contributed by atoms with E-state index in [0.717, 1.165) is 12.1 Å². The molecule has 1 aromatic rings. The molecule has 1 aromatic carbocycles. The number of hydrogen-bond acceptors (Lipinski definition) is 1. The predicted octanol–water partition coefficient (Wildman–Crippen LogP) is 3.31. The smallest absolute Gasteiger partial charge is 0.416 e. The van der Waals surface area contributed by atoms with Crippen molar-refractivity contribution in [2.45, 2.75) is 25.4 Å². The molecule has 0 heterocycles. The van der Waals surface area contributed by atoms with Gasteiger partial charge in [0.1, 0.15) is 0 Å². The second-order valence-corrected chi connectivity index (χ2v) is 3.62. The fourth-order valence-electron chi connectivity index (χ4n) is 1.24. The van der Waals surface area contributed by atoms with Crippen LogP contribution in [0.2, 0.25) is 0 Å². The standard InChI is InChI=1S/C13H11F3O2/c14-13(15,16)11-8-6-10(7-9-11)4-2-1-3-5-12(17)18/h6-9H,1,3,5H2,(H,17,18). The minimum Gasteiger partial charge on any atom is -0.481 e. The second-order valence-electron chi connectivity index (χ2n) is 3.62. The van der Waals surface area contributed by atoms with E-state index in [0.29, 0.717) is 18.4 Å². The van der Waals surface area contributed by atoms with Gasteiger partial charge in [0, 0.05) is 18.4 Å². The Morgan fingerprint density at radius 2 is 1.83 bits per heavy atom. The van der Waals surface area contributed by atoms with Crippen molar-refractivity contribution in [1.29, 1.82) is 0 Å². The molecule has 5 heteroatoms. The van der Waals surface area contributed by atoms with E-state index >= 15 is 0 Å². The van der Waals surface area contributed by atoms with Gasteiger partial charge in [-0.05, 0) is 30.7 Å². The van der Waals surface area contributed by atoms with Crippen LogP contribution >= 0.6 is 0 Å². The van der Waals surface area contributed by atoms with Gasteiger partial charge in [-0.25, -0.2) is 0 Å². The van der Waals surface area contributed by atoms with Crippen molar-refractivity contribution in [3.05, 3.63) is 35.4 Å². The topological polar surface area (TPSA) is 37.3 Å². The van der Waals surface area contributed by atoms with Crippen molar-refractivity contribution in [2.24, 2.45) is 0 Å². The first kappa shape index (κ1) is 14.1. The van der Waals surface area contributed by atoms with Crippen molar-refractivity contribution in [3.63, 3.8) is 0 Å². The first-order valence-corrected chi connectivity index (χ1v) is 5.27. The third-order valence-corrected chi connectivity index (χ3v) is 2.14. The Bertz CT molecular complexity index is 464. The number of aliphatic carboxylic acids is 1. The first-order chi connectivity index (χ1) is 8.39. The molecule has 1 rings (SSSR count). The summed E-state index contributed by atoms with van der Waals surface area (Å²) < 4.78 is 36.8. The molecule has 0 saturated carbocycles. The molecule has 0 amide bonds. The van der Waals surface area contributed by atoms with Crippen LogP contribution in [0.5, 0.6) is 0 Å². The van der Waals surface area contributed by atoms with Crippen LogP contribution in [0.1, 0.15) is 30.4 Å². The van der Waals surface area contributed by atoms with Gasteiger partial charge in [0.25, 0.3) is 0 Å². The lowest BCUT2D eigenvalue weighted by Gasteiger charge is -2.05. The molecule has 0 radical (unpaired) electrons. The largest absolute Gasteiger partial charge is 0.481 e. The van der Waals surface area contributed by atoms with Gasteiger partial charge in [-0.2, -0.15) is 13.2 Å². The minimum atomic E-state index is -4.34. The molecule has 0 spiro atoms. The van der Waals surface area contributed by atoms with E-state index in [2.05, 4.69) is 11.8 Å². The zero-order valence-electron chi connectivity index (χ0n) is 9.42. The highest BCUT2D eigenvalue weighted by molar-refractivity contribution is 5.66. The van der Waals surface area contributed by atoms with Crippen molar-refractivity contribution < 1.29 is 23.1 Å². The third kappa shape index (κ3) is 4.91. The molecule has 0 saturated heterocycles. The molecule has 0 fully saturated rings. The van der Waals surface area contributed by atoms with Crippen molar-refractivity contribution >= 4 is 5.97 Å². The fourth-order valence-corrected chi connectivity index (χ4v) is 1.24. The van der Waals surface area contributed by atoms with Gasteiger partial charge < -0.3 is 5.11 Å². The fraction of sp³-hybridized carbons (Fsp3) is 0.308. The Morgan fingerprint density at radius 3 is 2.33 bits per heavy atom. The maximum absolute atomic E-state index is 12.3. The van der Waals surface area contributed by atoms with Crippen LogP contribution in [0.4, 0.5) is 13.2 Å². The van der Waals surface area contributed by atoms with Crippen molar-refractivity contribution in [3.8, 4) is 11.8 Å². The number of hydrogen-bond donors (Lipinski definition) is 1. The molecular formula is C13H11F3O2. The van der Waals surface area contributed by atoms with E-state index in [1.807, 2.05) is 0 Å². The van der Waals surface area contributed by atoms with Crippen LogP contribution < -0.4 is 0 Å². The number of carboxylic acids is 1. The summed E-state index contributed by atoms with van der Waals surface area (Å²) in [6.45, 7) is 0. The zero-order valence-corrected chi connectivity index (χ0v) is 9.42. The molecular weight excluding hydrogens is 245 g/mol. The van der Waals surface area contributed by atoms with Gasteiger partial charge in [0.2, 0.25) is 0 Å². The van der Waals surface area contributed by atoms with E-state index in [-0.39, 0.29) is 6.42 Å². The molecule has 0 atom stereocenters. The molecule has 0 aliphatic heterocycles. The van der Waals surface area contributed by atoms with E-state index in [1.165, 1.54) is 12.1 Å². The number of halogens is 3. The number of unbranched alkanes of at least 4 members (excludes halogenated alkanes) is 1. The molecule has 0 aliphatic carbocycles. The number of rotatable bonds is 3. The van der Waals surface area contributed by atoms with Crippen LogP contribution in [0.25, 0.3) is 0 Å². The van der Waals surface area contributed by atoms with E-state index in [4.69, 9.17) is 5.11 Å². The lowest BCUT2D eigenvalue weighted by atomic mass is 10.1. The third-order valence-electron chi connectivity index (χ3n) is 2.14. The summed E-state index contributed by atoms with van der Waals surface area (Å²) in [6, 6.07) is 4.54. The summed E-state index contributed by atoms with van der Waals surface area (Å²) in [5, 5.41) is 8.38. The monoisotopic (exact) mass is 256 g/mol. The maximum Gasteiger partial charge on any atom is 0.416 e. The number of carbonyl (C=O) groups is 1. The Hall–Kier alpha value is -1.96. The molecule has 0 aliphatic rings. The highest BCUT2D eigenvalue weighted by Crippen LogP contribution is 2.28. The normalized spacial score (nSPS) is 10.6. The van der Waals surface area contributed by atoms with Gasteiger partial charge >= 0.3 is 12.1 Å². The Morgan fingerprint density at radius 1 is 1.22 bits per heavy atom. The first-order valence-electron chi connectivity index (χ1n) is 5.27. The van der Waals surface area contributed by atoms with Crippen molar-refractivity contribution in [1.82, 2.24) is 0 Å². The molecule has 2 nitrogen and oxygen atoms in total. The molecule has 18 heavy (non-hydrogen) atoms. The molecule has 96 valence electrons. The van der Waals surface area contributed by atoms with Gasteiger partial charge in [0.05, 0.1) is 5.56 Å². The van der Waals surface area contributed by atoms with Crippen LogP contribution in [-0.4, -0.2) is 11.1 Å². The predicted molar refractivity (Wildman–Crippen MR) is 59.8 cm³/mol. The Kier molecular flexibility index (Phi) is 4.78. The van der Waals surface area contributed by atoms with Gasteiger partial charge in [-0.1, -0.05) is 11.8 Å². The lowest BCUT2D eigenvalue weighted by Crippen LogP contribution is -2.04. The van der Waals surface area contributed by atoms with E-state index in [1.54, 1.807) is 0 Å². The summed E-state index contributed by atoms with van der Waals surface area (Å²) in [5.74, 6) is 4.52. The van der Waals surface area contributed by atoms with Gasteiger partial charge in [-0.15, -0.1) is 0 Å². The summed E-state index contributed by atoms with van der Waals surface area (Å²) in [6.07, 6.45) is -3.45. The average molecular weight is 256 g/mol. The summed E-state index contributed by atoms with van der Waals surface area (Å²) in [5.41, 5.74) is -0.225. The summed E-state index contributed by atoms with van der Waals surface area (Å²) in [4.78, 5) is 10.2. The molecule has 0 bridgehead atoms.